The fourth-order valence-corrected chi connectivity index (χ4v) is 6.01. The Morgan fingerprint density at radius 1 is 1.31 bits per heavy atom. The van der Waals surface area contributed by atoms with Crippen molar-refractivity contribution in [1.29, 1.82) is 0 Å². The third-order valence-electron chi connectivity index (χ3n) is 5.32. The van der Waals surface area contributed by atoms with Crippen LogP contribution in [0.2, 0.25) is 0 Å². The van der Waals surface area contributed by atoms with Crippen LogP contribution in [-0.2, 0) is 22.4 Å². The summed E-state index contributed by atoms with van der Waals surface area (Å²) < 4.78 is 5.59. The van der Waals surface area contributed by atoms with Crippen LogP contribution in [0.25, 0.3) is 10.2 Å². The number of ether oxygens (including phenoxy) is 1. The van der Waals surface area contributed by atoms with Gasteiger partial charge in [0, 0.05) is 4.88 Å². The normalized spacial score (nSPS) is 23.0. The molecule has 0 aliphatic heterocycles. The second-order valence-electron chi connectivity index (χ2n) is 7.43. The molecule has 0 aromatic carbocycles. The molecule has 4 rings (SSSR count). The molecule has 1 fully saturated rings. The average molecular weight is 393 g/mol. The topological polar surface area (TPSA) is 72.0 Å². The number of hydrogen-bond acceptors (Lipinski definition) is 6. The van der Waals surface area contributed by atoms with Gasteiger partial charge in [-0.3, -0.25) is 9.59 Å². The van der Waals surface area contributed by atoms with Crippen LogP contribution >= 0.6 is 23.1 Å². The van der Waals surface area contributed by atoms with Gasteiger partial charge in [0.2, 0.25) is 0 Å². The van der Waals surface area contributed by atoms with Crippen molar-refractivity contribution < 1.29 is 9.53 Å². The van der Waals surface area contributed by atoms with Gasteiger partial charge in [0.05, 0.1) is 11.1 Å². The molecule has 2 atom stereocenters. The molecule has 1 N–H and O–H groups in total. The van der Waals surface area contributed by atoms with E-state index >= 15 is 0 Å². The summed E-state index contributed by atoms with van der Waals surface area (Å²) in [5.41, 5.74) is 1.11. The third kappa shape index (κ3) is 3.83. The lowest BCUT2D eigenvalue weighted by Gasteiger charge is -2.26. The quantitative estimate of drug-likeness (QED) is 0.482. The third-order valence-corrected chi connectivity index (χ3v) is 7.35. The van der Waals surface area contributed by atoms with Crippen molar-refractivity contribution in [3.63, 3.8) is 0 Å². The minimum atomic E-state index is -0.220. The number of thioether (sulfide) groups is 1. The molecular weight excluding hydrogens is 368 g/mol. The summed E-state index contributed by atoms with van der Waals surface area (Å²) in [5.74, 6) is 0.589. The number of carbonyl (C=O) groups excluding carboxylic acids is 1. The lowest BCUT2D eigenvalue weighted by Crippen LogP contribution is -2.25. The molecule has 2 aromatic rings. The molecule has 0 spiro atoms. The summed E-state index contributed by atoms with van der Waals surface area (Å²) in [7, 11) is 0. The second kappa shape index (κ2) is 7.72. The number of aromatic amines is 1. The second-order valence-corrected chi connectivity index (χ2v) is 9.48. The van der Waals surface area contributed by atoms with Crippen LogP contribution in [0, 0.1) is 5.92 Å². The maximum atomic E-state index is 12.5. The standard InChI is InChI=1S/C19H24N2O3S2/c1-11-5-4-6-12(9-11)24-15(22)10-25-19-20-17(23)16-13-7-2-3-8-14(13)26-18(16)21-19/h11-12H,2-10H2,1H3,(H,20,21,23)/t11-,12-/m0/s1. The van der Waals surface area contributed by atoms with Gasteiger partial charge in [-0.2, -0.15) is 0 Å². The molecule has 0 radical (unpaired) electrons. The Hall–Kier alpha value is -1.34. The summed E-state index contributed by atoms with van der Waals surface area (Å²) in [6.45, 7) is 2.21. The molecule has 1 saturated carbocycles. The first-order valence-electron chi connectivity index (χ1n) is 9.47. The molecule has 2 aliphatic carbocycles. The van der Waals surface area contributed by atoms with Crippen LogP contribution in [0.4, 0.5) is 0 Å². The van der Waals surface area contributed by atoms with Crippen molar-refractivity contribution in [3.05, 3.63) is 20.8 Å². The summed E-state index contributed by atoms with van der Waals surface area (Å²) in [6.07, 6.45) is 8.65. The molecule has 0 bridgehead atoms. The van der Waals surface area contributed by atoms with E-state index in [4.69, 9.17) is 4.74 Å². The van der Waals surface area contributed by atoms with Gasteiger partial charge in [-0.1, -0.05) is 25.1 Å². The zero-order valence-corrected chi connectivity index (χ0v) is 16.6. The van der Waals surface area contributed by atoms with Gasteiger partial charge < -0.3 is 9.72 Å². The van der Waals surface area contributed by atoms with Crippen LogP contribution in [0.1, 0.15) is 55.9 Å². The van der Waals surface area contributed by atoms with Crippen molar-refractivity contribution in [2.45, 2.75) is 69.6 Å². The molecule has 2 aromatic heterocycles. The van der Waals surface area contributed by atoms with E-state index in [0.717, 1.165) is 48.7 Å². The van der Waals surface area contributed by atoms with E-state index < -0.39 is 0 Å². The smallest absolute Gasteiger partial charge is 0.316 e. The Kier molecular flexibility index (Phi) is 5.36. The summed E-state index contributed by atoms with van der Waals surface area (Å²) in [5, 5.41) is 1.27. The molecule has 2 aliphatic rings. The predicted molar refractivity (Wildman–Crippen MR) is 105 cm³/mol. The Morgan fingerprint density at radius 2 is 2.15 bits per heavy atom. The molecule has 2 heterocycles. The number of rotatable bonds is 4. The van der Waals surface area contributed by atoms with E-state index in [1.807, 2.05) is 0 Å². The highest BCUT2D eigenvalue weighted by Crippen LogP contribution is 2.34. The van der Waals surface area contributed by atoms with Crippen LogP contribution in [-0.4, -0.2) is 27.8 Å². The maximum Gasteiger partial charge on any atom is 0.316 e. The summed E-state index contributed by atoms with van der Waals surface area (Å²) in [4.78, 5) is 34.2. The summed E-state index contributed by atoms with van der Waals surface area (Å²) >= 11 is 2.89. The van der Waals surface area contributed by atoms with Crippen LogP contribution in [0.5, 0.6) is 0 Å². The van der Waals surface area contributed by atoms with Gasteiger partial charge in [-0.15, -0.1) is 11.3 Å². The van der Waals surface area contributed by atoms with Crippen molar-refractivity contribution in [2.24, 2.45) is 5.92 Å². The average Bonchev–Trinajstić information content (AvgIpc) is 2.99. The van der Waals surface area contributed by atoms with Gasteiger partial charge in [0.15, 0.2) is 5.16 Å². The molecule has 7 heteroatoms. The lowest BCUT2D eigenvalue weighted by atomic mass is 9.89. The van der Waals surface area contributed by atoms with Gasteiger partial charge in [-0.25, -0.2) is 4.98 Å². The van der Waals surface area contributed by atoms with Gasteiger partial charge in [-0.05, 0) is 56.4 Å². The fraction of sp³-hybridized carbons (Fsp3) is 0.632. The number of thiophene rings is 1. The maximum absolute atomic E-state index is 12.5. The van der Waals surface area contributed by atoms with E-state index in [0.29, 0.717) is 11.1 Å². The number of nitrogens with zero attached hydrogens (tertiary/aromatic N) is 1. The highest BCUT2D eigenvalue weighted by molar-refractivity contribution is 7.99. The van der Waals surface area contributed by atoms with E-state index in [-0.39, 0.29) is 23.4 Å². The Labute approximate surface area is 160 Å². The molecular formula is C19H24N2O3S2. The van der Waals surface area contributed by atoms with Crippen LogP contribution < -0.4 is 5.56 Å². The fourth-order valence-electron chi connectivity index (χ4n) is 4.05. The first-order valence-corrected chi connectivity index (χ1v) is 11.3. The first-order chi connectivity index (χ1) is 12.6. The lowest BCUT2D eigenvalue weighted by molar-refractivity contribution is -0.147. The van der Waals surface area contributed by atoms with E-state index in [1.54, 1.807) is 11.3 Å². The van der Waals surface area contributed by atoms with Crippen molar-refractivity contribution in [2.75, 3.05) is 5.75 Å². The van der Waals surface area contributed by atoms with Crippen molar-refractivity contribution in [1.82, 2.24) is 9.97 Å². The van der Waals surface area contributed by atoms with Gasteiger partial charge in [0.25, 0.3) is 5.56 Å². The number of fused-ring (bicyclic) bond motifs is 3. The molecule has 0 unspecified atom stereocenters. The van der Waals surface area contributed by atoms with Gasteiger partial charge >= 0.3 is 5.97 Å². The molecule has 5 nitrogen and oxygen atoms in total. The Bertz CT molecular complexity index is 874. The minimum Gasteiger partial charge on any atom is -0.462 e. The van der Waals surface area contributed by atoms with Crippen molar-refractivity contribution >= 4 is 39.3 Å². The number of hydrogen-bond donors (Lipinski definition) is 1. The molecule has 26 heavy (non-hydrogen) atoms. The SMILES string of the molecule is C[C@H]1CCC[C@H](OC(=O)CSc2nc3sc4c(c3c(=O)[nH]2)CCCC4)C1. The Morgan fingerprint density at radius 3 is 3.00 bits per heavy atom. The highest BCUT2D eigenvalue weighted by Gasteiger charge is 2.23. The van der Waals surface area contributed by atoms with Crippen molar-refractivity contribution in [3.8, 4) is 0 Å². The molecule has 0 amide bonds. The first kappa shape index (κ1) is 18.0. The van der Waals surface area contributed by atoms with Gasteiger partial charge in [0.1, 0.15) is 10.9 Å². The largest absolute Gasteiger partial charge is 0.462 e. The number of esters is 1. The van der Waals surface area contributed by atoms with E-state index in [2.05, 4.69) is 16.9 Å². The number of carbonyl (C=O) groups is 1. The van der Waals surface area contributed by atoms with E-state index in [9.17, 15) is 9.59 Å². The number of aryl methyl sites for hydroxylation is 2. The van der Waals surface area contributed by atoms with Crippen LogP contribution in [0.15, 0.2) is 9.95 Å². The van der Waals surface area contributed by atoms with Crippen LogP contribution in [0.3, 0.4) is 0 Å². The number of nitrogens with one attached hydrogen (secondary N) is 1. The monoisotopic (exact) mass is 392 g/mol. The highest BCUT2D eigenvalue weighted by atomic mass is 32.2. The van der Waals surface area contributed by atoms with E-state index in [1.165, 1.54) is 35.0 Å². The summed E-state index contributed by atoms with van der Waals surface area (Å²) in [6, 6.07) is 0. The zero-order chi connectivity index (χ0) is 18.1. The predicted octanol–water partition coefficient (Wildman–Crippen LogP) is 4.08. The Balaban J connectivity index is 1.42. The minimum absolute atomic E-state index is 0.0466. The number of H-pyrrole nitrogens is 1. The number of aromatic nitrogens is 2. The molecule has 140 valence electrons. The molecule has 0 saturated heterocycles. The zero-order valence-electron chi connectivity index (χ0n) is 15.0.